The van der Waals surface area contributed by atoms with Crippen molar-refractivity contribution in [2.75, 3.05) is 37.0 Å². The number of nitrogens with zero attached hydrogens (tertiary/aromatic N) is 6. The van der Waals surface area contributed by atoms with Gasteiger partial charge in [-0.2, -0.15) is 10.2 Å². The largest absolute Gasteiger partial charge is 0.695 e. The number of anilines is 2. The summed E-state index contributed by atoms with van der Waals surface area (Å²) in [6, 6.07) is 1.58. The number of nitrogens with one attached hydrogen (secondary N) is 3. The number of halogens is 1. The van der Waals surface area contributed by atoms with E-state index in [1.807, 2.05) is 33.0 Å². The SMILES string of the molecule is CC(C)CNc1nc2c(ncn2[C@@H]2O[C@H](CO)[C@@H](O[Si](C)(C)C(C)(C)C)[C@H]2O[P@@](=S)(OCCC#N)OC[C@H]2C[C@@H](Nc3ncncc3F)C[C@@H]2O[P+](=O)O)c(=O)[nH]1. The molecule has 19 nitrogen and oxygen atoms in total. The fourth-order valence-electron chi connectivity index (χ4n) is 6.22. The van der Waals surface area contributed by atoms with Crippen molar-refractivity contribution in [3.8, 4) is 6.07 Å². The van der Waals surface area contributed by atoms with Gasteiger partial charge in [-0.15, -0.1) is 9.42 Å². The van der Waals surface area contributed by atoms with Gasteiger partial charge in [-0.25, -0.2) is 19.3 Å². The average Bonchev–Trinajstić information content (AvgIpc) is 3.82. The molecule has 1 unspecified atom stereocenters. The molecule has 0 aromatic carbocycles. The molecule has 24 heteroatoms. The van der Waals surface area contributed by atoms with Crippen LogP contribution in [0.3, 0.4) is 0 Å². The third kappa shape index (κ3) is 11.2. The number of hydrogen-bond donors (Lipinski definition) is 5. The van der Waals surface area contributed by atoms with Crippen LogP contribution in [0, 0.1) is 29.0 Å². The van der Waals surface area contributed by atoms with Crippen molar-refractivity contribution < 1.29 is 46.2 Å². The second-order valence-corrected chi connectivity index (χ2v) is 24.2. The van der Waals surface area contributed by atoms with Gasteiger partial charge in [0.1, 0.15) is 30.7 Å². The Balaban J connectivity index is 1.51. The predicted molar refractivity (Wildman–Crippen MR) is 213 cm³/mol. The van der Waals surface area contributed by atoms with Crippen LogP contribution < -0.4 is 16.2 Å². The van der Waals surface area contributed by atoms with Crippen LogP contribution in [0.15, 0.2) is 23.6 Å². The number of hydrogen-bond acceptors (Lipinski definition) is 17. The summed E-state index contributed by atoms with van der Waals surface area (Å²) < 4.78 is 65.6. The third-order valence-corrected chi connectivity index (χ3v) is 17.4. The third-order valence-electron chi connectivity index (χ3n) is 10.1. The standard InChI is InChI=1S/C33H50FN9O10P2SSi/c1-19(2)13-37-32-41-29-25(30(45)42-32)39-18-43(29)31-27(26(24(15-44)50-31)53-57(6,7)33(3,4)5)52-55(56,48-10-8-9-35)49-16-20-11-21(12-23(20)51-54(46)47)40-28-22(34)14-36-17-38-28/h14,17-21,23-24,26-27,31,44H,8,10-13,15-16H2,1-7H3,(H3-,36,37,38,40,41,42,45,46,47)/p+1/t20-,21-,23+,24-,26-,27-,31-,55-/m1/s1. The molecule has 3 aromatic rings. The molecule has 0 amide bonds. The molecule has 2 aliphatic rings. The summed E-state index contributed by atoms with van der Waals surface area (Å²) in [6.45, 7) is 10.1. The maximum Gasteiger partial charge on any atom is 0.695 e. The summed E-state index contributed by atoms with van der Waals surface area (Å²) in [4.78, 5) is 42.2. The molecule has 0 spiro atoms. The minimum absolute atomic E-state index is 0.0298. The first kappa shape index (κ1) is 45.2. The van der Waals surface area contributed by atoms with E-state index in [1.165, 1.54) is 17.2 Å². The topological polar surface area (TPSA) is 250 Å². The maximum absolute atomic E-state index is 14.4. The number of rotatable bonds is 19. The number of nitriles is 1. The summed E-state index contributed by atoms with van der Waals surface area (Å²) in [7, 11) is -5.64. The molecule has 1 saturated carbocycles. The normalized spacial score (nSPS) is 25.4. The number of fused-ring (bicyclic) bond motifs is 1. The molecule has 2 fully saturated rings. The molecule has 5 N–H and O–H groups in total. The molecular weight excluding hydrogens is 824 g/mol. The van der Waals surface area contributed by atoms with Crippen LogP contribution in [-0.4, -0.2) is 105 Å². The number of aliphatic hydroxyl groups excluding tert-OH is 1. The van der Waals surface area contributed by atoms with Gasteiger partial charge in [0.2, 0.25) is 5.95 Å². The summed E-state index contributed by atoms with van der Waals surface area (Å²) in [5.74, 6) is -0.810. The summed E-state index contributed by atoms with van der Waals surface area (Å²) in [6.07, 6.45) is -0.957. The molecule has 9 atom stereocenters. The first-order chi connectivity index (χ1) is 26.8. The van der Waals surface area contributed by atoms with Crippen LogP contribution in [0.2, 0.25) is 18.1 Å². The second kappa shape index (κ2) is 19.0. The highest BCUT2D eigenvalue weighted by Crippen LogP contribution is 2.56. The van der Waals surface area contributed by atoms with Gasteiger partial charge < -0.3 is 34.0 Å². The smallest absolute Gasteiger partial charge is 0.408 e. The van der Waals surface area contributed by atoms with E-state index >= 15 is 0 Å². The zero-order valence-electron chi connectivity index (χ0n) is 32.8. The molecule has 1 saturated heterocycles. The number of aromatic amines is 1. The Morgan fingerprint density at radius 2 is 2.02 bits per heavy atom. The Morgan fingerprint density at radius 3 is 2.67 bits per heavy atom. The van der Waals surface area contributed by atoms with Crippen molar-refractivity contribution in [1.29, 1.82) is 5.26 Å². The van der Waals surface area contributed by atoms with Gasteiger partial charge >= 0.3 is 15.0 Å². The zero-order valence-corrected chi connectivity index (χ0v) is 36.4. The lowest BCUT2D eigenvalue weighted by Crippen LogP contribution is -2.50. The number of aliphatic hydroxyl groups is 1. The highest BCUT2D eigenvalue weighted by molar-refractivity contribution is 8.07. The second-order valence-electron chi connectivity index (χ2n) is 15.8. The van der Waals surface area contributed by atoms with Crippen LogP contribution in [0.25, 0.3) is 11.2 Å². The molecule has 4 heterocycles. The molecule has 0 radical (unpaired) electrons. The van der Waals surface area contributed by atoms with E-state index in [2.05, 4.69) is 56.3 Å². The van der Waals surface area contributed by atoms with Crippen LogP contribution in [0.5, 0.6) is 0 Å². The Kier molecular flexibility index (Phi) is 15.1. The predicted octanol–water partition coefficient (Wildman–Crippen LogP) is 4.88. The van der Waals surface area contributed by atoms with Crippen LogP contribution in [0.4, 0.5) is 16.2 Å². The lowest BCUT2D eigenvalue weighted by atomic mass is 10.1. The lowest BCUT2D eigenvalue weighted by molar-refractivity contribution is -0.0502. The number of H-pyrrole nitrogens is 1. The molecule has 57 heavy (non-hydrogen) atoms. The van der Waals surface area contributed by atoms with Crippen molar-refractivity contribution in [3.63, 3.8) is 0 Å². The van der Waals surface area contributed by atoms with E-state index in [4.69, 9.17) is 39.1 Å². The number of aromatic nitrogens is 6. The summed E-state index contributed by atoms with van der Waals surface area (Å²) in [5, 5.41) is 25.9. The minimum atomic E-state index is -3.90. The lowest BCUT2D eigenvalue weighted by Gasteiger charge is -2.41. The van der Waals surface area contributed by atoms with Gasteiger partial charge in [-0.1, -0.05) is 34.6 Å². The van der Waals surface area contributed by atoms with Gasteiger partial charge in [0.25, 0.3) is 5.56 Å². The van der Waals surface area contributed by atoms with Gasteiger partial charge in [0.05, 0.1) is 44.8 Å². The molecule has 314 valence electrons. The van der Waals surface area contributed by atoms with E-state index in [0.717, 1.165) is 6.20 Å². The van der Waals surface area contributed by atoms with Crippen LogP contribution in [0.1, 0.15) is 60.1 Å². The molecule has 5 rings (SSSR count). The van der Waals surface area contributed by atoms with Crippen molar-refractivity contribution in [2.24, 2.45) is 11.8 Å². The number of ether oxygens (including phenoxy) is 1. The Morgan fingerprint density at radius 1 is 1.26 bits per heavy atom. The first-order valence-electron chi connectivity index (χ1n) is 18.5. The van der Waals surface area contributed by atoms with E-state index in [-0.39, 0.29) is 66.4 Å². The van der Waals surface area contributed by atoms with Gasteiger partial charge in [0, 0.05) is 23.1 Å². The van der Waals surface area contributed by atoms with Crippen LogP contribution in [-0.2, 0) is 43.6 Å². The number of imidazole rings is 1. The van der Waals surface area contributed by atoms with Crippen molar-refractivity contribution in [2.45, 2.75) is 109 Å². The average molecular weight is 875 g/mol. The summed E-state index contributed by atoms with van der Waals surface area (Å²) >= 11 is 6.02. The zero-order chi connectivity index (χ0) is 41.7. The molecule has 1 aliphatic carbocycles. The van der Waals surface area contributed by atoms with Gasteiger partial charge in [-0.05, 0) is 48.7 Å². The fraction of sp³-hybridized carbons (Fsp3) is 0.697. The van der Waals surface area contributed by atoms with E-state index < -0.39 is 83.9 Å². The first-order valence-corrected chi connectivity index (χ1v) is 25.1. The van der Waals surface area contributed by atoms with E-state index in [1.54, 1.807) is 0 Å². The van der Waals surface area contributed by atoms with Gasteiger partial charge in [-0.3, -0.25) is 18.9 Å². The van der Waals surface area contributed by atoms with E-state index in [9.17, 15) is 29.0 Å². The fourth-order valence-corrected chi connectivity index (χ4v) is 10.1. The Hall–Kier alpha value is -2.90. The Labute approximate surface area is 336 Å². The van der Waals surface area contributed by atoms with Crippen molar-refractivity contribution in [3.05, 3.63) is 35.0 Å². The Bertz CT molecular complexity index is 2020. The summed E-state index contributed by atoms with van der Waals surface area (Å²) in [5.41, 5.74) is -0.299. The molecule has 3 aromatic heterocycles. The van der Waals surface area contributed by atoms with Crippen molar-refractivity contribution >= 4 is 58.0 Å². The van der Waals surface area contributed by atoms with E-state index in [0.29, 0.717) is 6.54 Å². The molecule has 0 bridgehead atoms. The monoisotopic (exact) mass is 874 g/mol. The maximum atomic E-state index is 14.4. The van der Waals surface area contributed by atoms with Crippen LogP contribution >= 0.6 is 15.0 Å². The minimum Gasteiger partial charge on any atom is -0.408 e. The van der Waals surface area contributed by atoms with Gasteiger partial charge in [0.15, 0.2) is 37.3 Å². The van der Waals surface area contributed by atoms with Crippen molar-refractivity contribution in [1.82, 2.24) is 29.5 Å². The highest BCUT2D eigenvalue weighted by Gasteiger charge is 2.54. The molecule has 1 aliphatic heterocycles. The quantitative estimate of drug-likeness (QED) is 0.0612. The molecular formula is C33H51FN9O10P2SSi+. The highest BCUT2D eigenvalue weighted by atomic mass is 32.5.